The molecule has 0 saturated heterocycles. The molecule has 1 aliphatic carbocycles. The first-order valence-electron chi connectivity index (χ1n) is 12.6. The standard InChI is InChI=1S/C32H29ClN2O3/c1-38-30-17-15-29(16-18-30)35-31(25-11-13-27(33)14-12-25)21-28(34-35)20-26(32(36)37)19-22-7-9-24(10-8-22)23-5-3-2-4-6-23/h2-5,7-18,21,23,26H,6,19-20H2,1H3,(H,36,37). The van der Waals surface area contributed by atoms with E-state index in [-0.39, 0.29) is 0 Å². The van der Waals surface area contributed by atoms with Crippen molar-refractivity contribution in [3.8, 4) is 22.7 Å². The molecule has 2 atom stereocenters. The fourth-order valence-corrected chi connectivity index (χ4v) is 4.91. The van der Waals surface area contributed by atoms with Gasteiger partial charge < -0.3 is 9.84 Å². The van der Waals surface area contributed by atoms with Crippen molar-refractivity contribution >= 4 is 17.6 Å². The molecule has 5 rings (SSSR count). The number of carboxylic acid groups (broad SMARTS) is 1. The highest BCUT2D eigenvalue weighted by atomic mass is 35.5. The number of aromatic nitrogens is 2. The molecule has 0 aliphatic heterocycles. The molecule has 4 aromatic rings. The van der Waals surface area contributed by atoms with E-state index in [0.717, 1.165) is 34.7 Å². The lowest BCUT2D eigenvalue weighted by Crippen LogP contribution is -2.19. The monoisotopic (exact) mass is 524 g/mol. The minimum absolute atomic E-state index is 0.316. The van der Waals surface area contributed by atoms with Crippen LogP contribution in [-0.2, 0) is 17.6 Å². The van der Waals surface area contributed by atoms with Crippen LogP contribution in [0.5, 0.6) is 5.75 Å². The van der Waals surface area contributed by atoms with Crippen molar-refractivity contribution in [2.45, 2.75) is 25.2 Å². The normalized spacial score (nSPS) is 15.4. The smallest absolute Gasteiger partial charge is 0.307 e. The van der Waals surface area contributed by atoms with Crippen molar-refractivity contribution in [2.75, 3.05) is 7.11 Å². The predicted molar refractivity (Wildman–Crippen MR) is 151 cm³/mol. The Bertz CT molecular complexity index is 1450. The van der Waals surface area contributed by atoms with Crippen LogP contribution in [-0.4, -0.2) is 28.0 Å². The van der Waals surface area contributed by atoms with Crippen LogP contribution in [0.1, 0.15) is 29.2 Å². The van der Waals surface area contributed by atoms with E-state index >= 15 is 0 Å². The van der Waals surface area contributed by atoms with Gasteiger partial charge in [0, 0.05) is 22.9 Å². The maximum atomic E-state index is 12.3. The summed E-state index contributed by atoms with van der Waals surface area (Å²) in [6, 6.07) is 25.5. The molecule has 1 N–H and O–H groups in total. The number of aliphatic carboxylic acids is 1. The number of methoxy groups -OCH3 is 1. The topological polar surface area (TPSA) is 64.4 Å². The minimum Gasteiger partial charge on any atom is -0.497 e. The van der Waals surface area contributed by atoms with Crippen LogP contribution in [0.25, 0.3) is 16.9 Å². The van der Waals surface area contributed by atoms with Gasteiger partial charge in [-0.15, -0.1) is 0 Å². The molecular formula is C32H29ClN2O3. The Morgan fingerprint density at radius 3 is 2.39 bits per heavy atom. The van der Waals surface area contributed by atoms with E-state index in [4.69, 9.17) is 21.4 Å². The largest absolute Gasteiger partial charge is 0.497 e. The van der Waals surface area contributed by atoms with Gasteiger partial charge in [-0.05, 0) is 66.4 Å². The van der Waals surface area contributed by atoms with Crippen molar-refractivity contribution in [3.05, 3.63) is 125 Å². The third-order valence-corrected chi connectivity index (χ3v) is 7.14. The van der Waals surface area contributed by atoms with E-state index in [9.17, 15) is 9.90 Å². The number of benzene rings is 3. The first kappa shape index (κ1) is 25.6. The Morgan fingerprint density at radius 1 is 1.03 bits per heavy atom. The van der Waals surface area contributed by atoms with Crippen molar-refractivity contribution in [1.29, 1.82) is 0 Å². The molecule has 2 unspecified atom stereocenters. The fourth-order valence-electron chi connectivity index (χ4n) is 4.79. The molecule has 38 heavy (non-hydrogen) atoms. The van der Waals surface area contributed by atoms with Gasteiger partial charge in [-0.25, -0.2) is 4.68 Å². The average Bonchev–Trinajstić information content (AvgIpc) is 3.37. The number of nitrogens with zero attached hydrogens (tertiary/aromatic N) is 2. The molecule has 3 aromatic carbocycles. The third kappa shape index (κ3) is 5.90. The molecule has 5 nitrogen and oxygen atoms in total. The first-order valence-corrected chi connectivity index (χ1v) is 13.0. The predicted octanol–water partition coefficient (Wildman–Crippen LogP) is 7.29. The maximum Gasteiger partial charge on any atom is 0.307 e. The zero-order valence-corrected chi connectivity index (χ0v) is 21.9. The highest BCUT2D eigenvalue weighted by molar-refractivity contribution is 6.30. The molecule has 0 bridgehead atoms. The minimum atomic E-state index is -0.832. The molecular weight excluding hydrogens is 496 g/mol. The van der Waals surface area contributed by atoms with Crippen molar-refractivity contribution in [3.63, 3.8) is 0 Å². The second-order valence-electron chi connectivity index (χ2n) is 9.48. The lowest BCUT2D eigenvalue weighted by Gasteiger charge is -2.15. The van der Waals surface area contributed by atoms with E-state index in [1.807, 2.05) is 71.4 Å². The summed E-state index contributed by atoms with van der Waals surface area (Å²) in [7, 11) is 1.63. The van der Waals surface area contributed by atoms with Crippen LogP contribution in [0.3, 0.4) is 0 Å². The van der Waals surface area contributed by atoms with Gasteiger partial charge in [-0.2, -0.15) is 5.10 Å². The van der Waals surface area contributed by atoms with Gasteiger partial charge >= 0.3 is 5.97 Å². The Kier molecular flexibility index (Phi) is 7.75. The number of halogens is 1. The number of ether oxygens (including phenoxy) is 1. The summed E-state index contributed by atoms with van der Waals surface area (Å²) in [5.41, 5.74) is 5.63. The molecule has 1 aromatic heterocycles. The Hall–Kier alpha value is -4.09. The molecule has 192 valence electrons. The summed E-state index contributed by atoms with van der Waals surface area (Å²) in [6.45, 7) is 0. The quantitative estimate of drug-likeness (QED) is 0.250. The van der Waals surface area contributed by atoms with E-state index in [1.165, 1.54) is 5.56 Å². The zero-order valence-electron chi connectivity index (χ0n) is 21.1. The highest BCUT2D eigenvalue weighted by Gasteiger charge is 2.22. The van der Waals surface area contributed by atoms with E-state index in [1.54, 1.807) is 7.11 Å². The van der Waals surface area contributed by atoms with Crippen LogP contribution in [0.2, 0.25) is 5.02 Å². The van der Waals surface area contributed by atoms with Gasteiger partial charge in [0.05, 0.1) is 30.1 Å². The molecule has 0 spiro atoms. The molecule has 0 radical (unpaired) electrons. The van der Waals surface area contributed by atoms with Crippen molar-refractivity contribution < 1.29 is 14.6 Å². The van der Waals surface area contributed by atoms with Gasteiger partial charge in [0.1, 0.15) is 5.75 Å². The summed E-state index contributed by atoms with van der Waals surface area (Å²) < 4.78 is 7.14. The fraction of sp³-hybridized carbons (Fsp3) is 0.188. The lowest BCUT2D eigenvalue weighted by atomic mass is 9.90. The van der Waals surface area contributed by atoms with Gasteiger partial charge in [0.25, 0.3) is 0 Å². The zero-order chi connectivity index (χ0) is 26.5. The summed E-state index contributed by atoms with van der Waals surface area (Å²) >= 11 is 6.12. The van der Waals surface area contributed by atoms with Gasteiger partial charge in [0.15, 0.2) is 0 Å². The second kappa shape index (κ2) is 11.5. The first-order chi connectivity index (χ1) is 18.5. The summed E-state index contributed by atoms with van der Waals surface area (Å²) in [5, 5.41) is 15.6. The lowest BCUT2D eigenvalue weighted by molar-refractivity contribution is -0.141. The van der Waals surface area contributed by atoms with E-state index < -0.39 is 11.9 Å². The number of allylic oxidation sites excluding steroid dienone is 4. The molecule has 6 heteroatoms. The van der Waals surface area contributed by atoms with E-state index in [0.29, 0.717) is 29.5 Å². The van der Waals surface area contributed by atoms with E-state index in [2.05, 4.69) is 36.4 Å². The second-order valence-corrected chi connectivity index (χ2v) is 9.91. The number of carboxylic acids is 1. The molecule has 1 heterocycles. The van der Waals surface area contributed by atoms with Gasteiger partial charge in [-0.1, -0.05) is 72.3 Å². The van der Waals surface area contributed by atoms with Crippen LogP contribution < -0.4 is 4.74 Å². The van der Waals surface area contributed by atoms with Crippen LogP contribution in [0, 0.1) is 5.92 Å². The Morgan fingerprint density at radius 2 is 1.76 bits per heavy atom. The summed E-state index contributed by atoms with van der Waals surface area (Å²) in [6.07, 6.45) is 10.2. The van der Waals surface area contributed by atoms with Gasteiger partial charge in [-0.3, -0.25) is 4.79 Å². The Balaban J connectivity index is 1.40. The Labute approximate surface area is 227 Å². The van der Waals surface area contributed by atoms with Crippen LogP contribution in [0.4, 0.5) is 0 Å². The molecule has 0 fully saturated rings. The number of carbonyl (C=O) groups is 1. The maximum absolute atomic E-state index is 12.3. The molecule has 0 amide bonds. The summed E-state index contributed by atoms with van der Waals surface area (Å²) in [4.78, 5) is 12.3. The molecule has 0 saturated carbocycles. The number of hydrogen-bond donors (Lipinski definition) is 1. The van der Waals surface area contributed by atoms with Gasteiger partial charge in [0.2, 0.25) is 0 Å². The summed E-state index contributed by atoms with van der Waals surface area (Å²) in [5.74, 6) is -0.309. The third-order valence-electron chi connectivity index (χ3n) is 6.89. The number of rotatable bonds is 9. The van der Waals surface area contributed by atoms with Crippen molar-refractivity contribution in [2.24, 2.45) is 5.92 Å². The molecule has 1 aliphatic rings. The number of hydrogen-bond acceptors (Lipinski definition) is 3. The van der Waals surface area contributed by atoms with Crippen LogP contribution >= 0.6 is 11.6 Å². The van der Waals surface area contributed by atoms with Crippen molar-refractivity contribution in [1.82, 2.24) is 9.78 Å². The SMILES string of the molecule is COc1ccc(-n2nc(CC(Cc3ccc(C4C=CC=CC4)cc3)C(=O)O)cc2-c2ccc(Cl)cc2)cc1. The van der Waals surface area contributed by atoms with Crippen LogP contribution in [0.15, 0.2) is 103 Å². The average molecular weight is 525 g/mol. The highest BCUT2D eigenvalue weighted by Crippen LogP contribution is 2.29.